The number of nitrogens with zero attached hydrogens (tertiary/aromatic N) is 1. The highest BCUT2D eigenvalue weighted by molar-refractivity contribution is 6.05. The van der Waals surface area contributed by atoms with Crippen LogP contribution < -0.4 is 15.0 Å². The summed E-state index contributed by atoms with van der Waals surface area (Å²) >= 11 is 0. The van der Waals surface area contributed by atoms with E-state index in [4.69, 9.17) is 9.47 Å². The smallest absolute Gasteiger partial charge is 0.344 e. The monoisotopic (exact) mass is 386 g/mol. The van der Waals surface area contributed by atoms with Gasteiger partial charge in [-0.25, -0.2) is 9.18 Å². The summed E-state index contributed by atoms with van der Waals surface area (Å²) in [5, 5.41) is 2.75. The maximum absolute atomic E-state index is 13.5. The molecule has 0 unspecified atom stereocenters. The van der Waals surface area contributed by atoms with Crippen molar-refractivity contribution in [2.45, 2.75) is 19.4 Å². The fourth-order valence-corrected chi connectivity index (χ4v) is 2.92. The molecule has 8 heteroatoms. The molecule has 2 amide bonds. The number of amides is 2. The number of hydrogen-bond acceptors (Lipinski definition) is 5. The second kappa shape index (κ2) is 8.51. The molecule has 28 heavy (non-hydrogen) atoms. The summed E-state index contributed by atoms with van der Waals surface area (Å²) in [7, 11) is 0. The van der Waals surface area contributed by atoms with E-state index in [1.165, 1.54) is 23.1 Å². The largest absolute Gasteiger partial charge is 0.479 e. The van der Waals surface area contributed by atoms with Crippen molar-refractivity contribution in [1.29, 1.82) is 0 Å². The number of halogens is 1. The van der Waals surface area contributed by atoms with E-state index in [1.807, 2.05) is 0 Å². The molecule has 0 spiro atoms. The van der Waals surface area contributed by atoms with Gasteiger partial charge >= 0.3 is 5.97 Å². The maximum atomic E-state index is 13.5. The number of rotatable bonds is 5. The highest BCUT2D eigenvalue weighted by Crippen LogP contribution is 2.31. The first-order chi connectivity index (χ1) is 13.5. The maximum Gasteiger partial charge on any atom is 0.344 e. The van der Waals surface area contributed by atoms with Crippen molar-refractivity contribution in [3.05, 3.63) is 54.3 Å². The van der Waals surface area contributed by atoms with Gasteiger partial charge < -0.3 is 19.7 Å². The molecule has 2 aromatic carbocycles. The number of nitrogens with one attached hydrogen (secondary N) is 1. The lowest BCUT2D eigenvalue weighted by Crippen LogP contribution is -2.41. The van der Waals surface area contributed by atoms with Gasteiger partial charge in [-0.3, -0.25) is 9.59 Å². The van der Waals surface area contributed by atoms with Gasteiger partial charge in [-0.05, 0) is 31.2 Å². The topological polar surface area (TPSA) is 84.9 Å². The normalized spacial score (nSPS) is 15.9. The van der Waals surface area contributed by atoms with E-state index in [0.717, 1.165) is 0 Å². The minimum absolute atomic E-state index is 0.0783. The Kier molecular flexibility index (Phi) is 5.88. The molecule has 2 aromatic rings. The number of benzene rings is 2. The molecule has 146 valence electrons. The van der Waals surface area contributed by atoms with Crippen LogP contribution in [-0.2, 0) is 19.1 Å². The number of anilines is 2. The van der Waals surface area contributed by atoms with Gasteiger partial charge in [0.2, 0.25) is 5.91 Å². The highest BCUT2D eigenvalue weighted by atomic mass is 19.1. The number of ether oxygens (including phenoxy) is 2. The van der Waals surface area contributed by atoms with Crippen LogP contribution in [0.1, 0.15) is 13.3 Å². The van der Waals surface area contributed by atoms with E-state index < -0.39 is 36.9 Å². The molecule has 1 heterocycles. The zero-order valence-electron chi connectivity index (χ0n) is 15.2. The van der Waals surface area contributed by atoms with E-state index in [-0.39, 0.29) is 18.1 Å². The summed E-state index contributed by atoms with van der Waals surface area (Å²) in [6.45, 7) is 0.690. The first-order valence-electron chi connectivity index (χ1n) is 8.69. The van der Waals surface area contributed by atoms with Gasteiger partial charge in [0.25, 0.3) is 5.91 Å². The van der Waals surface area contributed by atoms with Gasteiger partial charge in [-0.15, -0.1) is 0 Å². The second-order valence-corrected chi connectivity index (χ2v) is 6.26. The van der Waals surface area contributed by atoms with Gasteiger partial charge in [-0.2, -0.15) is 0 Å². The minimum atomic E-state index is -0.804. The van der Waals surface area contributed by atoms with Crippen LogP contribution in [0.5, 0.6) is 5.75 Å². The molecular formula is C20H19FN2O5. The molecule has 1 N–H and O–H groups in total. The zero-order chi connectivity index (χ0) is 20.1. The molecule has 3 rings (SSSR count). The molecular weight excluding hydrogens is 367 g/mol. The van der Waals surface area contributed by atoms with Crippen molar-refractivity contribution in [3.63, 3.8) is 0 Å². The second-order valence-electron chi connectivity index (χ2n) is 6.26. The van der Waals surface area contributed by atoms with Gasteiger partial charge in [0.1, 0.15) is 0 Å². The molecule has 1 aliphatic rings. The predicted molar refractivity (Wildman–Crippen MR) is 99.5 cm³/mol. The first kappa shape index (κ1) is 19.3. The quantitative estimate of drug-likeness (QED) is 0.798. The number of hydrogen-bond donors (Lipinski definition) is 1. The van der Waals surface area contributed by atoms with Crippen molar-refractivity contribution in [1.82, 2.24) is 0 Å². The van der Waals surface area contributed by atoms with Crippen LogP contribution in [0, 0.1) is 5.82 Å². The van der Waals surface area contributed by atoms with Gasteiger partial charge in [0.05, 0.1) is 11.4 Å². The lowest BCUT2D eigenvalue weighted by molar-refractivity contribution is -0.150. The minimum Gasteiger partial charge on any atom is -0.479 e. The third kappa shape index (κ3) is 4.46. The Morgan fingerprint density at radius 2 is 1.86 bits per heavy atom. The SMILES string of the molecule is C[C@@H]1CC(=O)Nc2ccccc2N1C(=O)COC(=O)COc1ccccc1F. The number of carbonyl (C=O) groups excluding carboxylic acids is 3. The third-order valence-corrected chi connectivity index (χ3v) is 4.17. The number of carbonyl (C=O) groups is 3. The van der Waals surface area contributed by atoms with E-state index in [9.17, 15) is 18.8 Å². The average Bonchev–Trinajstić information content (AvgIpc) is 2.79. The Hall–Kier alpha value is -3.42. The van der Waals surface area contributed by atoms with Crippen LogP contribution in [-0.4, -0.2) is 37.0 Å². The summed E-state index contributed by atoms with van der Waals surface area (Å²) in [6.07, 6.45) is 0.116. The van der Waals surface area contributed by atoms with Crippen molar-refractivity contribution in [2.75, 3.05) is 23.4 Å². The molecule has 1 atom stereocenters. The van der Waals surface area contributed by atoms with E-state index in [0.29, 0.717) is 11.4 Å². The zero-order valence-corrected chi connectivity index (χ0v) is 15.2. The first-order valence-corrected chi connectivity index (χ1v) is 8.69. The number of fused-ring (bicyclic) bond motifs is 1. The van der Waals surface area contributed by atoms with E-state index in [2.05, 4.69) is 5.32 Å². The third-order valence-electron chi connectivity index (χ3n) is 4.17. The highest BCUT2D eigenvalue weighted by Gasteiger charge is 2.30. The van der Waals surface area contributed by atoms with Crippen molar-refractivity contribution >= 4 is 29.2 Å². The summed E-state index contributed by atoms with van der Waals surface area (Å²) in [5.41, 5.74) is 1.05. The molecule has 7 nitrogen and oxygen atoms in total. The molecule has 0 aliphatic carbocycles. The fraction of sp³-hybridized carbons (Fsp3) is 0.250. The van der Waals surface area contributed by atoms with Crippen molar-refractivity contribution in [2.24, 2.45) is 0 Å². The lowest BCUT2D eigenvalue weighted by atomic mass is 10.1. The van der Waals surface area contributed by atoms with Crippen LogP contribution >= 0.6 is 0 Å². The number of esters is 1. The number of para-hydroxylation sites is 3. The van der Waals surface area contributed by atoms with Crippen LogP contribution in [0.3, 0.4) is 0 Å². The Balaban J connectivity index is 1.61. The molecule has 0 saturated carbocycles. The Bertz CT molecular complexity index is 902. The average molecular weight is 386 g/mol. The summed E-state index contributed by atoms with van der Waals surface area (Å²) in [5.74, 6) is -2.16. The van der Waals surface area contributed by atoms with Crippen LogP contribution in [0.2, 0.25) is 0 Å². The molecule has 0 saturated heterocycles. The Labute approximate surface area is 161 Å². The summed E-state index contributed by atoms with van der Waals surface area (Å²) in [4.78, 5) is 37.9. The molecule has 0 bridgehead atoms. The molecule has 0 radical (unpaired) electrons. The summed E-state index contributed by atoms with van der Waals surface area (Å²) < 4.78 is 23.5. The van der Waals surface area contributed by atoms with Gasteiger partial charge in [-0.1, -0.05) is 24.3 Å². The van der Waals surface area contributed by atoms with E-state index >= 15 is 0 Å². The summed E-state index contributed by atoms with van der Waals surface area (Å²) in [6, 6.07) is 12.1. The van der Waals surface area contributed by atoms with Crippen molar-refractivity contribution < 1.29 is 28.2 Å². The lowest BCUT2D eigenvalue weighted by Gasteiger charge is -2.27. The Morgan fingerprint density at radius 1 is 1.14 bits per heavy atom. The van der Waals surface area contributed by atoms with Crippen LogP contribution in [0.25, 0.3) is 0 Å². The standard InChI is InChI=1S/C20H19FN2O5/c1-13-10-18(24)22-15-7-3-4-8-16(15)23(13)19(25)11-28-20(26)12-27-17-9-5-2-6-14(17)21/h2-9,13H,10-12H2,1H3,(H,22,24)/t13-/m1/s1. The van der Waals surface area contributed by atoms with Gasteiger partial charge in [0.15, 0.2) is 24.8 Å². The Morgan fingerprint density at radius 3 is 2.64 bits per heavy atom. The van der Waals surface area contributed by atoms with Crippen molar-refractivity contribution in [3.8, 4) is 5.75 Å². The fourth-order valence-electron chi connectivity index (χ4n) is 2.92. The molecule has 0 fully saturated rings. The van der Waals surface area contributed by atoms with E-state index in [1.54, 1.807) is 37.3 Å². The molecule has 1 aliphatic heterocycles. The predicted octanol–water partition coefficient (Wildman–Crippen LogP) is 2.51. The molecule has 0 aromatic heterocycles. The van der Waals surface area contributed by atoms with Crippen LogP contribution in [0.4, 0.5) is 15.8 Å². The van der Waals surface area contributed by atoms with Crippen LogP contribution in [0.15, 0.2) is 48.5 Å². The van der Waals surface area contributed by atoms with Gasteiger partial charge in [0, 0.05) is 12.5 Å².